The van der Waals surface area contributed by atoms with Crippen LogP contribution >= 0.6 is 11.3 Å². The lowest BCUT2D eigenvalue weighted by atomic mass is 10.1. The number of carbonyl (C=O) groups excluding carboxylic acids is 1. The van der Waals surface area contributed by atoms with Gasteiger partial charge in [-0.05, 0) is 38.0 Å². The SMILES string of the molecule is COc1ccccc1CCNC(=O)Cc1csc(Nc2nc(C)cc(C)n2)n1. The first-order chi connectivity index (χ1) is 13.5. The molecule has 0 atom stereocenters. The summed E-state index contributed by atoms with van der Waals surface area (Å²) in [5, 5.41) is 8.56. The lowest BCUT2D eigenvalue weighted by Gasteiger charge is -2.08. The van der Waals surface area contributed by atoms with E-state index in [1.54, 1.807) is 7.11 Å². The molecular weight excluding hydrogens is 374 g/mol. The Kier molecular flexibility index (Phi) is 6.54. The quantitative estimate of drug-likeness (QED) is 0.607. The number of aryl methyl sites for hydroxylation is 2. The summed E-state index contributed by atoms with van der Waals surface area (Å²) in [6, 6.07) is 9.72. The van der Waals surface area contributed by atoms with Crippen LogP contribution < -0.4 is 15.4 Å². The number of benzene rings is 1. The zero-order valence-corrected chi connectivity index (χ0v) is 17.0. The second kappa shape index (κ2) is 9.27. The molecule has 3 aromatic rings. The minimum absolute atomic E-state index is 0.0607. The van der Waals surface area contributed by atoms with E-state index >= 15 is 0 Å². The smallest absolute Gasteiger partial charge is 0.229 e. The minimum atomic E-state index is -0.0607. The number of nitrogens with zero attached hydrogens (tertiary/aromatic N) is 3. The monoisotopic (exact) mass is 397 g/mol. The standard InChI is InChI=1S/C20H23N5O2S/c1-13-10-14(2)23-19(22-13)25-20-24-16(12-28-20)11-18(26)21-9-8-15-6-4-5-7-17(15)27-3/h4-7,10,12H,8-9,11H2,1-3H3,(H,21,26)(H,22,23,24,25). The van der Waals surface area contributed by atoms with Gasteiger partial charge in [0.25, 0.3) is 0 Å². The van der Waals surface area contributed by atoms with Gasteiger partial charge in [-0.15, -0.1) is 11.3 Å². The van der Waals surface area contributed by atoms with Crippen molar-refractivity contribution in [3.63, 3.8) is 0 Å². The van der Waals surface area contributed by atoms with Gasteiger partial charge in [-0.2, -0.15) is 0 Å². The molecule has 0 fully saturated rings. The van der Waals surface area contributed by atoms with E-state index in [9.17, 15) is 4.79 Å². The summed E-state index contributed by atoms with van der Waals surface area (Å²) < 4.78 is 5.33. The lowest BCUT2D eigenvalue weighted by Crippen LogP contribution is -2.27. The fraction of sp³-hybridized carbons (Fsp3) is 0.300. The lowest BCUT2D eigenvalue weighted by molar-refractivity contribution is -0.120. The Hall–Kier alpha value is -3.00. The largest absolute Gasteiger partial charge is 0.496 e. The third-order valence-electron chi connectivity index (χ3n) is 4.00. The first-order valence-electron chi connectivity index (χ1n) is 8.96. The second-order valence-corrected chi connectivity index (χ2v) is 7.19. The van der Waals surface area contributed by atoms with Crippen LogP contribution in [0, 0.1) is 13.8 Å². The molecule has 0 radical (unpaired) electrons. The van der Waals surface area contributed by atoms with Gasteiger partial charge < -0.3 is 15.4 Å². The molecule has 0 aliphatic carbocycles. The molecular formula is C20H23N5O2S. The molecule has 2 heterocycles. The van der Waals surface area contributed by atoms with Crippen LogP contribution in [0.5, 0.6) is 5.75 Å². The predicted octanol–water partition coefficient (Wildman–Crippen LogP) is 3.20. The second-order valence-electron chi connectivity index (χ2n) is 6.33. The van der Waals surface area contributed by atoms with Gasteiger partial charge in [0.2, 0.25) is 11.9 Å². The summed E-state index contributed by atoms with van der Waals surface area (Å²) in [6.07, 6.45) is 0.946. The average molecular weight is 398 g/mol. The fourth-order valence-electron chi connectivity index (χ4n) is 2.80. The number of hydrogen-bond donors (Lipinski definition) is 2. The Labute approximate surface area is 168 Å². The third kappa shape index (κ3) is 5.50. The van der Waals surface area contributed by atoms with Gasteiger partial charge >= 0.3 is 0 Å². The Morgan fingerprint density at radius 1 is 1.14 bits per heavy atom. The summed E-state index contributed by atoms with van der Waals surface area (Å²) in [4.78, 5) is 25.3. The number of rotatable bonds is 8. The normalized spacial score (nSPS) is 10.5. The highest BCUT2D eigenvalue weighted by atomic mass is 32.1. The van der Waals surface area contributed by atoms with Crippen LogP contribution in [-0.4, -0.2) is 34.5 Å². The minimum Gasteiger partial charge on any atom is -0.496 e. The van der Waals surface area contributed by atoms with Gasteiger partial charge in [-0.25, -0.2) is 15.0 Å². The van der Waals surface area contributed by atoms with Crippen molar-refractivity contribution in [2.75, 3.05) is 19.0 Å². The fourth-order valence-corrected chi connectivity index (χ4v) is 3.50. The van der Waals surface area contributed by atoms with Crippen LogP contribution in [-0.2, 0) is 17.6 Å². The van der Waals surface area contributed by atoms with E-state index in [4.69, 9.17) is 4.74 Å². The average Bonchev–Trinajstić information content (AvgIpc) is 3.08. The van der Waals surface area contributed by atoms with Crippen LogP contribution in [0.1, 0.15) is 22.6 Å². The van der Waals surface area contributed by atoms with Gasteiger partial charge in [-0.1, -0.05) is 18.2 Å². The van der Waals surface area contributed by atoms with Gasteiger partial charge in [0, 0.05) is 23.3 Å². The van der Waals surface area contributed by atoms with E-state index in [-0.39, 0.29) is 12.3 Å². The molecule has 0 aliphatic heterocycles. The third-order valence-corrected chi connectivity index (χ3v) is 4.81. The zero-order valence-electron chi connectivity index (χ0n) is 16.2. The number of hydrogen-bond acceptors (Lipinski definition) is 7. The molecule has 0 saturated heterocycles. The highest BCUT2D eigenvalue weighted by Gasteiger charge is 2.10. The van der Waals surface area contributed by atoms with Crippen LogP contribution in [0.25, 0.3) is 0 Å². The molecule has 146 valence electrons. The molecule has 28 heavy (non-hydrogen) atoms. The van der Waals surface area contributed by atoms with Crippen molar-refractivity contribution < 1.29 is 9.53 Å². The molecule has 8 heteroatoms. The number of thiazole rings is 1. The number of para-hydroxylation sites is 1. The van der Waals surface area contributed by atoms with Crippen LogP contribution in [0.3, 0.4) is 0 Å². The zero-order chi connectivity index (χ0) is 19.9. The first kappa shape index (κ1) is 19.8. The molecule has 0 unspecified atom stereocenters. The number of anilines is 2. The van der Waals surface area contributed by atoms with E-state index in [0.29, 0.717) is 29.7 Å². The summed E-state index contributed by atoms with van der Waals surface area (Å²) in [5.41, 5.74) is 3.56. The van der Waals surface area contributed by atoms with Gasteiger partial charge in [-0.3, -0.25) is 4.79 Å². The first-order valence-corrected chi connectivity index (χ1v) is 9.84. The molecule has 3 rings (SSSR count). The van der Waals surface area contributed by atoms with Crippen LogP contribution in [0.2, 0.25) is 0 Å². The summed E-state index contributed by atoms with van der Waals surface area (Å²) in [5.74, 6) is 1.29. The molecule has 0 spiro atoms. The van der Waals surface area contributed by atoms with Gasteiger partial charge in [0.05, 0.1) is 19.2 Å². The van der Waals surface area contributed by atoms with Crippen molar-refractivity contribution in [3.8, 4) is 5.75 Å². The summed E-state index contributed by atoms with van der Waals surface area (Å²) in [6.45, 7) is 4.38. The molecule has 2 aromatic heterocycles. The Morgan fingerprint density at radius 3 is 2.64 bits per heavy atom. The Bertz CT molecular complexity index is 937. The highest BCUT2D eigenvalue weighted by Crippen LogP contribution is 2.20. The summed E-state index contributed by atoms with van der Waals surface area (Å²) in [7, 11) is 1.65. The number of ether oxygens (including phenoxy) is 1. The molecule has 1 amide bonds. The molecule has 7 nitrogen and oxygen atoms in total. The molecule has 0 saturated carbocycles. The molecule has 0 aliphatic rings. The van der Waals surface area contributed by atoms with E-state index in [0.717, 1.165) is 22.7 Å². The van der Waals surface area contributed by atoms with Crippen LogP contribution in [0.15, 0.2) is 35.7 Å². The van der Waals surface area contributed by atoms with E-state index in [1.807, 2.05) is 49.6 Å². The van der Waals surface area contributed by atoms with Crippen LogP contribution in [0.4, 0.5) is 11.1 Å². The van der Waals surface area contributed by atoms with E-state index < -0.39 is 0 Å². The number of carbonyl (C=O) groups is 1. The van der Waals surface area contributed by atoms with Crippen molar-refractivity contribution >= 4 is 28.3 Å². The molecule has 1 aromatic carbocycles. The maximum absolute atomic E-state index is 12.2. The topological polar surface area (TPSA) is 89.0 Å². The molecule has 2 N–H and O–H groups in total. The van der Waals surface area contributed by atoms with Crippen molar-refractivity contribution in [1.82, 2.24) is 20.3 Å². The van der Waals surface area contributed by atoms with E-state index in [1.165, 1.54) is 11.3 Å². The number of amides is 1. The van der Waals surface area contributed by atoms with Crippen molar-refractivity contribution in [2.45, 2.75) is 26.7 Å². The summed E-state index contributed by atoms with van der Waals surface area (Å²) >= 11 is 1.42. The number of aromatic nitrogens is 3. The number of nitrogens with one attached hydrogen (secondary N) is 2. The van der Waals surface area contributed by atoms with Crippen molar-refractivity contribution in [1.29, 1.82) is 0 Å². The van der Waals surface area contributed by atoms with Crippen molar-refractivity contribution in [3.05, 3.63) is 58.4 Å². The van der Waals surface area contributed by atoms with Crippen molar-refractivity contribution in [2.24, 2.45) is 0 Å². The highest BCUT2D eigenvalue weighted by molar-refractivity contribution is 7.13. The van der Waals surface area contributed by atoms with Gasteiger partial charge in [0.1, 0.15) is 5.75 Å². The van der Waals surface area contributed by atoms with E-state index in [2.05, 4.69) is 25.6 Å². The Morgan fingerprint density at radius 2 is 1.89 bits per heavy atom. The number of methoxy groups -OCH3 is 1. The maximum Gasteiger partial charge on any atom is 0.229 e. The van der Waals surface area contributed by atoms with Gasteiger partial charge in [0.15, 0.2) is 5.13 Å². The predicted molar refractivity (Wildman–Crippen MR) is 110 cm³/mol. The maximum atomic E-state index is 12.2. The molecule has 0 bridgehead atoms. The Balaban J connectivity index is 1.49.